The van der Waals surface area contributed by atoms with Gasteiger partial charge in [0.05, 0.1) is 13.3 Å². The van der Waals surface area contributed by atoms with Gasteiger partial charge in [-0.2, -0.15) is 0 Å². The minimum absolute atomic E-state index is 0.00638. The number of halogens is 1. The quantitative estimate of drug-likeness (QED) is 0.898. The zero-order valence-corrected chi connectivity index (χ0v) is 10.9. The molecule has 2 heterocycles. The molecule has 1 N–H and O–H groups in total. The minimum Gasteiger partial charge on any atom is -0.481 e. The molecule has 1 unspecified atom stereocenters. The molecule has 0 aliphatic rings. The highest BCUT2D eigenvalue weighted by atomic mass is 19.1. The molecule has 0 fully saturated rings. The van der Waals surface area contributed by atoms with E-state index in [1.165, 1.54) is 12.3 Å². The Balaban J connectivity index is 2.02. The number of aromatic nitrogens is 2. The Morgan fingerprint density at radius 2 is 2.26 bits per heavy atom. The van der Waals surface area contributed by atoms with E-state index in [4.69, 9.17) is 4.74 Å². The Hall–Kier alpha value is -2.01. The van der Waals surface area contributed by atoms with Crippen molar-refractivity contribution in [1.82, 2.24) is 15.3 Å². The minimum atomic E-state index is -0.329. The molecule has 4 nitrogen and oxygen atoms in total. The van der Waals surface area contributed by atoms with Gasteiger partial charge in [0.1, 0.15) is 5.82 Å². The van der Waals surface area contributed by atoms with Gasteiger partial charge in [-0.3, -0.25) is 4.98 Å². The van der Waals surface area contributed by atoms with Crippen LogP contribution >= 0.6 is 0 Å². The number of nitrogens with one attached hydrogen (secondary N) is 1. The van der Waals surface area contributed by atoms with Crippen LogP contribution in [-0.2, 0) is 6.54 Å². The molecule has 2 aromatic heterocycles. The average Bonchev–Trinajstić information content (AvgIpc) is 2.45. The molecule has 0 bridgehead atoms. The molecular formula is C14H16FN3O. The fourth-order valence-electron chi connectivity index (χ4n) is 1.79. The Labute approximate surface area is 111 Å². The highest BCUT2D eigenvalue weighted by Gasteiger charge is 2.08. The molecule has 0 radical (unpaired) electrons. The third-order valence-electron chi connectivity index (χ3n) is 2.87. The number of ether oxygens (including phenoxy) is 1. The van der Waals surface area contributed by atoms with Crippen LogP contribution < -0.4 is 10.1 Å². The number of methoxy groups -OCH3 is 1. The van der Waals surface area contributed by atoms with Gasteiger partial charge in [-0.05, 0) is 24.6 Å². The first-order chi connectivity index (χ1) is 9.20. The molecule has 0 spiro atoms. The van der Waals surface area contributed by atoms with E-state index < -0.39 is 0 Å². The summed E-state index contributed by atoms with van der Waals surface area (Å²) >= 11 is 0. The van der Waals surface area contributed by atoms with Crippen LogP contribution in [0.3, 0.4) is 0 Å². The monoisotopic (exact) mass is 261 g/mol. The summed E-state index contributed by atoms with van der Waals surface area (Å²) in [5.74, 6) is 0.268. The number of rotatable bonds is 5. The standard InChI is InChI=1S/C14H16FN3O/c1-10(12-6-13(15)9-16-7-12)18-8-11-4-3-5-17-14(11)19-2/h3-7,9-10,18H,8H2,1-2H3. The van der Waals surface area contributed by atoms with E-state index in [9.17, 15) is 4.39 Å². The van der Waals surface area contributed by atoms with Crippen molar-refractivity contribution >= 4 is 0 Å². The van der Waals surface area contributed by atoms with Crippen LogP contribution in [0.4, 0.5) is 4.39 Å². The van der Waals surface area contributed by atoms with Crippen molar-refractivity contribution in [2.45, 2.75) is 19.5 Å². The predicted octanol–water partition coefficient (Wildman–Crippen LogP) is 2.48. The first kappa shape index (κ1) is 13.4. The number of hydrogen-bond acceptors (Lipinski definition) is 4. The zero-order valence-electron chi connectivity index (χ0n) is 10.9. The first-order valence-corrected chi connectivity index (χ1v) is 6.02. The lowest BCUT2D eigenvalue weighted by Crippen LogP contribution is -2.19. The summed E-state index contributed by atoms with van der Waals surface area (Å²) in [5, 5.41) is 3.29. The van der Waals surface area contributed by atoms with Crippen LogP contribution in [0.5, 0.6) is 5.88 Å². The van der Waals surface area contributed by atoms with Gasteiger partial charge in [0.15, 0.2) is 0 Å². The Morgan fingerprint density at radius 3 is 3.00 bits per heavy atom. The third kappa shape index (κ3) is 3.48. The summed E-state index contributed by atoms with van der Waals surface area (Å²) in [5.41, 5.74) is 1.77. The lowest BCUT2D eigenvalue weighted by atomic mass is 10.1. The topological polar surface area (TPSA) is 47.0 Å². The van der Waals surface area contributed by atoms with E-state index in [1.54, 1.807) is 19.5 Å². The lowest BCUT2D eigenvalue weighted by molar-refractivity contribution is 0.389. The SMILES string of the molecule is COc1ncccc1CNC(C)c1cncc(F)c1. The van der Waals surface area contributed by atoms with Crippen molar-refractivity contribution in [2.24, 2.45) is 0 Å². The van der Waals surface area contributed by atoms with Crippen molar-refractivity contribution in [3.8, 4) is 5.88 Å². The second-order valence-corrected chi connectivity index (χ2v) is 4.21. The molecule has 0 aromatic carbocycles. The smallest absolute Gasteiger partial charge is 0.217 e. The van der Waals surface area contributed by atoms with E-state index in [0.29, 0.717) is 12.4 Å². The van der Waals surface area contributed by atoms with Crippen LogP contribution in [0.1, 0.15) is 24.1 Å². The normalized spacial score (nSPS) is 12.2. The van der Waals surface area contributed by atoms with E-state index >= 15 is 0 Å². The van der Waals surface area contributed by atoms with E-state index in [0.717, 1.165) is 11.1 Å². The van der Waals surface area contributed by atoms with Gasteiger partial charge < -0.3 is 10.1 Å². The van der Waals surface area contributed by atoms with Gasteiger partial charge in [-0.15, -0.1) is 0 Å². The van der Waals surface area contributed by atoms with Crippen molar-refractivity contribution in [3.05, 3.63) is 53.7 Å². The molecule has 1 atom stereocenters. The number of pyridine rings is 2. The number of hydrogen-bond donors (Lipinski definition) is 1. The largest absolute Gasteiger partial charge is 0.481 e. The molecule has 19 heavy (non-hydrogen) atoms. The van der Waals surface area contributed by atoms with E-state index in [2.05, 4.69) is 15.3 Å². The molecule has 0 aliphatic heterocycles. The third-order valence-corrected chi connectivity index (χ3v) is 2.87. The van der Waals surface area contributed by atoms with Gasteiger partial charge >= 0.3 is 0 Å². The van der Waals surface area contributed by atoms with Crippen molar-refractivity contribution < 1.29 is 9.13 Å². The van der Waals surface area contributed by atoms with Crippen LogP contribution in [0.15, 0.2) is 36.8 Å². The molecular weight excluding hydrogens is 245 g/mol. The molecule has 2 aromatic rings. The zero-order chi connectivity index (χ0) is 13.7. The summed E-state index contributed by atoms with van der Waals surface area (Å²) < 4.78 is 18.3. The summed E-state index contributed by atoms with van der Waals surface area (Å²) in [6.45, 7) is 2.55. The molecule has 2 rings (SSSR count). The Kier molecular flexibility index (Phi) is 4.41. The van der Waals surface area contributed by atoms with E-state index in [1.807, 2.05) is 19.1 Å². The predicted molar refractivity (Wildman–Crippen MR) is 70.2 cm³/mol. The average molecular weight is 261 g/mol. The maximum atomic E-state index is 13.1. The maximum absolute atomic E-state index is 13.1. The van der Waals surface area contributed by atoms with Gasteiger partial charge in [0.2, 0.25) is 5.88 Å². The van der Waals surface area contributed by atoms with E-state index in [-0.39, 0.29) is 11.9 Å². The van der Waals surface area contributed by atoms with Gasteiger partial charge in [-0.25, -0.2) is 9.37 Å². The van der Waals surface area contributed by atoms with Crippen molar-refractivity contribution in [1.29, 1.82) is 0 Å². The second-order valence-electron chi connectivity index (χ2n) is 4.21. The number of nitrogens with zero attached hydrogens (tertiary/aromatic N) is 2. The second kappa shape index (κ2) is 6.24. The maximum Gasteiger partial charge on any atom is 0.217 e. The summed E-state index contributed by atoms with van der Waals surface area (Å²) in [4.78, 5) is 7.97. The van der Waals surface area contributed by atoms with Crippen molar-refractivity contribution in [3.63, 3.8) is 0 Å². The molecule has 5 heteroatoms. The Bertz CT molecular complexity index is 548. The van der Waals surface area contributed by atoms with Gasteiger partial charge in [0, 0.05) is 30.5 Å². The molecule has 0 aliphatic carbocycles. The van der Waals surface area contributed by atoms with Crippen LogP contribution in [0.2, 0.25) is 0 Å². The summed E-state index contributed by atoms with van der Waals surface area (Å²) in [6, 6.07) is 5.27. The lowest BCUT2D eigenvalue weighted by Gasteiger charge is -2.15. The van der Waals surface area contributed by atoms with Crippen molar-refractivity contribution in [2.75, 3.05) is 7.11 Å². The van der Waals surface area contributed by atoms with Crippen LogP contribution in [-0.4, -0.2) is 17.1 Å². The van der Waals surface area contributed by atoms with Gasteiger partial charge in [-0.1, -0.05) is 6.07 Å². The first-order valence-electron chi connectivity index (χ1n) is 6.02. The molecule has 100 valence electrons. The summed E-state index contributed by atoms with van der Waals surface area (Å²) in [6.07, 6.45) is 4.53. The fourth-order valence-corrected chi connectivity index (χ4v) is 1.79. The molecule has 0 saturated heterocycles. The van der Waals surface area contributed by atoms with Gasteiger partial charge in [0.25, 0.3) is 0 Å². The Morgan fingerprint density at radius 1 is 1.42 bits per heavy atom. The fraction of sp³-hybridized carbons (Fsp3) is 0.286. The summed E-state index contributed by atoms with van der Waals surface area (Å²) in [7, 11) is 1.59. The molecule has 0 saturated carbocycles. The van der Waals surface area contributed by atoms with Crippen LogP contribution in [0, 0.1) is 5.82 Å². The highest BCUT2D eigenvalue weighted by Crippen LogP contribution is 2.16. The molecule has 0 amide bonds. The highest BCUT2D eigenvalue weighted by molar-refractivity contribution is 5.25. The van der Waals surface area contributed by atoms with Crippen LogP contribution in [0.25, 0.3) is 0 Å².